The van der Waals surface area contributed by atoms with Gasteiger partial charge in [0.2, 0.25) is 0 Å². The van der Waals surface area contributed by atoms with Crippen LogP contribution in [0, 0.1) is 203 Å². The Morgan fingerprint density at radius 2 is 0.696 bits per heavy atom. The number of ether oxygens (including phenoxy) is 2. The van der Waals surface area contributed by atoms with Crippen LogP contribution in [-0.4, -0.2) is 50.5 Å². The Hall–Kier alpha value is -7.65. The third-order valence-corrected chi connectivity index (χ3v) is 17.9. The van der Waals surface area contributed by atoms with E-state index in [9.17, 15) is 89.2 Å². The predicted molar refractivity (Wildman–Crippen MR) is 483 cm³/mol. The van der Waals surface area contributed by atoms with E-state index >= 15 is 0 Å². The fourth-order valence-corrected chi connectivity index (χ4v) is 11.6. The third-order valence-electron chi connectivity index (χ3n) is 17.2. The van der Waals surface area contributed by atoms with Crippen LogP contribution in [0.5, 0.6) is 11.5 Å². The molecule has 0 bridgehead atoms. The maximum absolute atomic E-state index is 14.8. The van der Waals surface area contributed by atoms with Gasteiger partial charge in [-0.25, -0.2) is 61.5 Å². The number of hydrogen-bond donors (Lipinski definition) is 4. The molecular weight excluding hydrogens is 2090 g/mol. The van der Waals surface area contributed by atoms with Gasteiger partial charge in [0.05, 0.1) is 28.3 Å². The van der Waals surface area contributed by atoms with E-state index in [0.29, 0.717) is 62.6 Å². The summed E-state index contributed by atoms with van der Waals surface area (Å²) in [6.07, 6.45) is -4.04. The average molecular weight is 2180 g/mol. The molecule has 0 heterocycles. The van der Waals surface area contributed by atoms with Crippen molar-refractivity contribution in [1.82, 2.24) is 0 Å². The molecule has 0 aromatic heterocycles. The number of halogens is 20. The summed E-state index contributed by atoms with van der Waals surface area (Å²) in [6, 6.07) is 47.3. The Kier molecular flexibility index (Phi) is 61.8. The van der Waals surface area contributed by atoms with Gasteiger partial charge >= 0.3 is 173 Å². The smallest absolute Gasteiger partial charge is 1.00 e. The largest absolute Gasteiger partial charge is 1.00 e. The van der Waals surface area contributed by atoms with Crippen molar-refractivity contribution in [2.45, 2.75) is 128 Å². The SMILES string of the molecule is C.C#Cc1c(C)cc(-c2ccc(C)cc2)cc1F.CC#N.Cc1cc(Cl)cc(F)c1C#CC(C)(C)O.Cc1ccc(-c2cc(C)c(C#CC(C)(C)O)c(F)c2)cc1.Cc1ccc(-c2cc(C)c(C#Cc3cc(F)c(C(F)(F)Oc4cc(F)c(F)c(F)c4)c(F)c3)c(F)c2)cc1.Cc1ccc(B(O)O)cc1.Fc1cc(OC(F)(F)c2c(F)cc(Br)cc2F)cc(F)c1F.O=CO[O-].[CH2-]C.[H-].[K+].[K+].[K+].[OH-].[Pd]. The Balaban J connectivity index is -0.000000796. The molecule has 0 atom stereocenters. The minimum Gasteiger partial charge on any atom is -1.00 e. The van der Waals surface area contributed by atoms with Gasteiger partial charge in [0.25, 0.3) is 6.47 Å². The Morgan fingerprint density at radius 1 is 0.435 bits per heavy atom. The van der Waals surface area contributed by atoms with Crippen LogP contribution in [0.25, 0.3) is 33.4 Å². The molecular formula is C102H88BBrClF18K3NO10Pd-. The maximum Gasteiger partial charge on any atom is 1.00 e. The summed E-state index contributed by atoms with van der Waals surface area (Å²) < 4.78 is 255. The normalized spacial score (nSPS) is 9.96. The molecule has 12 aromatic carbocycles. The van der Waals surface area contributed by atoms with Crippen molar-refractivity contribution in [3.8, 4) is 98.8 Å². The van der Waals surface area contributed by atoms with Crippen LogP contribution in [0.4, 0.5) is 79.0 Å². The van der Waals surface area contributed by atoms with Gasteiger partial charge in [-0.3, -0.25) is 4.79 Å². The summed E-state index contributed by atoms with van der Waals surface area (Å²) in [7, 11) is -1.35. The molecule has 0 spiro atoms. The molecule has 0 radical (unpaired) electrons. The van der Waals surface area contributed by atoms with E-state index in [1.54, 1.807) is 78.8 Å². The number of rotatable bonds is 11. The van der Waals surface area contributed by atoms with E-state index in [4.69, 9.17) is 43.4 Å². The summed E-state index contributed by atoms with van der Waals surface area (Å²) in [5.41, 5.74) is 7.38. The summed E-state index contributed by atoms with van der Waals surface area (Å²) in [5.74, 6) is -4.35. The first-order valence-electron chi connectivity index (χ1n) is 38.5. The van der Waals surface area contributed by atoms with Crippen molar-refractivity contribution in [1.29, 1.82) is 5.26 Å². The van der Waals surface area contributed by atoms with Gasteiger partial charge in [-0.05, 0) is 217 Å². The van der Waals surface area contributed by atoms with Crippen LogP contribution in [0.1, 0.15) is 134 Å². The van der Waals surface area contributed by atoms with Gasteiger partial charge in [-0.2, -0.15) is 29.7 Å². The van der Waals surface area contributed by atoms with Crippen LogP contribution < -0.4 is 174 Å². The Labute approximate surface area is 946 Å². The van der Waals surface area contributed by atoms with Crippen LogP contribution in [0.15, 0.2) is 199 Å². The van der Waals surface area contributed by atoms with Crippen molar-refractivity contribution >= 4 is 46.6 Å². The Bertz CT molecular complexity index is 6160. The fraction of sp³-hybridized carbons (Fsp3) is 0.186. The molecule has 138 heavy (non-hydrogen) atoms. The topological polar surface area (TPSA) is 203 Å². The van der Waals surface area contributed by atoms with Crippen LogP contribution in [0.2, 0.25) is 5.02 Å². The molecule has 12 rings (SSSR count). The van der Waals surface area contributed by atoms with Gasteiger partial charge in [-0.1, -0.05) is 196 Å². The first-order valence-corrected chi connectivity index (χ1v) is 39.6. The number of aryl methyl sites for hydroxylation is 8. The summed E-state index contributed by atoms with van der Waals surface area (Å²) >= 11 is 8.38. The second kappa shape index (κ2) is 63.4. The van der Waals surface area contributed by atoms with E-state index in [1.165, 1.54) is 42.3 Å². The van der Waals surface area contributed by atoms with Crippen molar-refractivity contribution < 1.29 is 305 Å². The van der Waals surface area contributed by atoms with Gasteiger partial charge in [0, 0.05) is 66.7 Å². The number of terminal acetylenes is 1. The first-order chi connectivity index (χ1) is 61.7. The van der Waals surface area contributed by atoms with Crippen molar-refractivity contribution in [3.63, 3.8) is 0 Å². The molecule has 0 aliphatic rings. The first kappa shape index (κ1) is 134. The van der Waals surface area contributed by atoms with E-state index in [1.807, 2.05) is 139 Å². The van der Waals surface area contributed by atoms with Crippen molar-refractivity contribution in [2.24, 2.45) is 0 Å². The molecule has 12 aromatic rings. The molecule has 0 unspecified atom stereocenters. The minimum absolute atomic E-state index is 0. The molecule has 5 N–H and O–H groups in total. The molecule has 0 saturated heterocycles. The molecule has 11 nitrogen and oxygen atoms in total. The molecule has 0 aliphatic heterocycles. The standard InChI is InChI=1S/C29H16F8O.C19H19FO.C16H13F.C13H4BrF7O.C12H12ClFO.C7H9BO2.C2H3N.C2H5.CH2O3.CH4.3K.H2O.Pd.H/c1-15-3-6-18(7-4-15)19-9-16(2)21(22(30)12-19)8-5-17-10-23(31)27(24(32)11-17)29(36,37)38-20-13-25(33)28(35)26(34)14-20;1-13-5-7-15(8-6-13)16-11-14(2)17(18(20)12-16)9-10-19(3,4)21;1-4-15-12(3)9-14(10-16(15)17)13-7-5-11(2)6-8-13;14-5-1-7(15)11(8(16)2-5)13(20,21)22-6-3-9(17)12(19)10(18)4-6;1-8-6-9(13)7-11(14)10(8)4-5-12(2,3)15;1-6-2-4-7(5-3-6)8(9)10;1-2-3;1-2;2-1-4-3;;;;;;;/h3-4,6-7,9-14H,1-2H3;5-8,11-12,21H,1-4H3;1,5-10H,2-3H3;1-4H;6-7,15H,1-3H3;2-5,9-10H,1H3;1H3;1H2,2H3;1,3H;1H4;;;;1H2;;/q;;;;;;;-1;;;3*+1;;;-1/p-2. The average Bonchev–Trinajstić information content (AvgIpc) is 0.774. The van der Waals surface area contributed by atoms with Crippen molar-refractivity contribution in [2.75, 3.05) is 0 Å². The fourth-order valence-electron chi connectivity index (χ4n) is 11.0. The number of carbonyl (C=O) groups is 1. The van der Waals surface area contributed by atoms with E-state index < -0.39 is 123 Å². The number of aliphatic hydroxyl groups is 2. The monoisotopic (exact) mass is 2180 g/mol. The van der Waals surface area contributed by atoms with Crippen LogP contribution in [0.3, 0.4) is 0 Å². The zero-order valence-corrected chi connectivity index (χ0v) is 89.8. The predicted octanol–water partition coefficient (Wildman–Crippen LogP) is 15.9. The molecule has 0 amide bonds. The zero-order valence-electron chi connectivity index (χ0n) is 77.5. The summed E-state index contributed by atoms with van der Waals surface area (Å²) in [5, 5.41) is 52.5. The van der Waals surface area contributed by atoms with Gasteiger partial charge in [0.15, 0.2) is 34.9 Å². The van der Waals surface area contributed by atoms with Crippen molar-refractivity contribution in [3.05, 3.63) is 375 Å². The number of hydrogen-bond acceptors (Lipinski definition) is 11. The number of nitrogens with zero attached hydrogens (tertiary/aromatic N) is 1. The van der Waals surface area contributed by atoms with Crippen LogP contribution in [-0.2, 0) is 42.3 Å². The molecule has 0 aliphatic carbocycles. The molecule has 0 fully saturated rings. The van der Waals surface area contributed by atoms with Gasteiger partial charge in [-0.15, -0.1) is 6.42 Å². The number of benzene rings is 12. The summed E-state index contributed by atoms with van der Waals surface area (Å²) in [6.45, 7) is 27.4. The zero-order chi connectivity index (χ0) is 99.8. The second-order valence-electron chi connectivity index (χ2n) is 29.0. The third kappa shape index (κ3) is 43.7. The van der Waals surface area contributed by atoms with Crippen LogP contribution >= 0.6 is 27.5 Å². The van der Waals surface area contributed by atoms with E-state index in [0.717, 1.165) is 50.1 Å². The van der Waals surface area contributed by atoms with E-state index in [2.05, 4.69) is 78.7 Å². The molecule has 0 saturated carbocycles. The van der Waals surface area contributed by atoms with Gasteiger partial charge < -0.3 is 53.7 Å². The number of carbonyl (C=O) groups excluding carboxylic acids is 1. The summed E-state index contributed by atoms with van der Waals surface area (Å²) in [4.78, 5) is 11.2. The Morgan fingerprint density at radius 3 is 0.957 bits per heavy atom. The van der Waals surface area contributed by atoms with E-state index in [-0.39, 0.29) is 252 Å². The molecule has 718 valence electrons. The number of alkyl halides is 4. The van der Waals surface area contributed by atoms with Gasteiger partial charge in [0.1, 0.15) is 80.4 Å². The quantitative estimate of drug-likeness (QED) is 0.0140. The second-order valence-corrected chi connectivity index (χ2v) is 30.4. The minimum atomic E-state index is -4.73. The maximum atomic E-state index is 14.8. The number of nitriles is 1. The molecule has 36 heteroatoms.